The first-order chi connectivity index (χ1) is 6.95. The molecule has 2 heterocycles. The van der Waals surface area contributed by atoms with E-state index in [0.717, 1.165) is 18.8 Å². The number of rotatable bonds is 1. The fourth-order valence-electron chi connectivity index (χ4n) is 2.52. The number of fused-ring (bicyclic) bond motifs is 1. The standard InChI is InChI=1S/C12H20N2O/c1-8-11-5-10(7-15)6-14(11)9(2)13-12(8,3)4/h10,15H,5-7H2,1-4H3. The van der Waals surface area contributed by atoms with E-state index in [1.54, 1.807) is 0 Å². The molecule has 2 rings (SSSR count). The molecule has 1 saturated heterocycles. The van der Waals surface area contributed by atoms with E-state index in [4.69, 9.17) is 4.99 Å². The van der Waals surface area contributed by atoms with Crippen molar-refractivity contribution in [3.63, 3.8) is 0 Å². The largest absolute Gasteiger partial charge is 0.396 e. The van der Waals surface area contributed by atoms with Crippen LogP contribution in [0.2, 0.25) is 0 Å². The summed E-state index contributed by atoms with van der Waals surface area (Å²) in [6, 6.07) is 0. The lowest BCUT2D eigenvalue weighted by Crippen LogP contribution is -2.36. The van der Waals surface area contributed by atoms with Crippen molar-refractivity contribution in [2.75, 3.05) is 13.2 Å². The lowest BCUT2D eigenvalue weighted by Gasteiger charge is -2.34. The molecule has 84 valence electrons. The van der Waals surface area contributed by atoms with Crippen LogP contribution in [0.1, 0.15) is 34.1 Å². The predicted octanol–water partition coefficient (Wildman–Crippen LogP) is 1.79. The smallest absolute Gasteiger partial charge is 0.101 e. The molecule has 2 aliphatic heterocycles. The zero-order valence-electron chi connectivity index (χ0n) is 10.0. The van der Waals surface area contributed by atoms with Crippen molar-refractivity contribution in [3.05, 3.63) is 11.3 Å². The van der Waals surface area contributed by atoms with E-state index >= 15 is 0 Å². The van der Waals surface area contributed by atoms with Gasteiger partial charge in [-0.05, 0) is 39.7 Å². The monoisotopic (exact) mass is 208 g/mol. The Balaban J connectivity index is 2.38. The third-order valence-electron chi connectivity index (χ3n) is 3.69. The number of aliphatic hydroxyl groups excluding tert-OH is 1. The van der Waals surface area contributed by atoms with E-state index in [1.807, 2.05) is 0 Å². The Hall–Kier alpha value is -0.830. The Morgan fingerprint density at radius 3 is 2.73 bits per heavy atom. The fourth-order valence-corrected chi connectivity index (χ4v) is 2.52. The molecule has 15 heavy (non-hydrogen) atoms. The SMILES string of the molecule is CC1=NC(C)(C)C(C)=C2CC(CO)CN12. The molecular weight excluding hydrogens is 188 g/mol. The van der Waals surface area contributed by atoms with Gasteiger partial charge in [-0.3, -0.25) is 4.99 Å². The van der Waals surface area contributed by atoms with Crippen molar-refractivity contribution >= 4 is 5.84 Å². The molecular formula is C12H20N2O. The summed E-state index contributed by atoms with van der Waals surface area (Å²) in [4.78, 5) is 6.98. The van der Waals surface area contributed by atoms with Gasteiger partial charge in [-0.15, -0.1) is 0 Å². The van der Waals surface area contributed by atoms with Gasteiger partial charge in [0.1, 0.15) is 5.84 Å². The van der Waals surface area contributed by atoms with E-state index in [-0.39, 0.29) is 12.1 Å². The highest BCUT2D eigenvalue weighted by Crippen LogP contribution is 2.38. The zero-order valence-corrected chi connectivity index (χ0v) is 10.0. The van der Waals surface area contributed by atoms with Crippen LogP contribution in [0.15, 0.2) is 16.3 Å². The van der Waals surface area contributed by atoms with Crippen molar-refractivity contribution in [1.82, 2.24) is 4.90 Å². The van der Waals surface area contributed by atoms with E-state index < -0.39 is 0 Å². The van der Waals surface area contributed by atoms with Gasteiger partial charge >= 0.3 is 0 Å². The van der Waals surface area contributed by atoms with Crippen LogP contribution in [-0.2, 0) is 0 Å². The van der Waals surface area contributed by atoms with Gasteiger partial charge < -0.3 is 10.0 Å². The van der Waals surface area contributed by atoms with Crippen molar-refractivity contribution < 1.29 is 5.11 Å². The quantitative estimate of drug-likeness (QED) is 0.713. The lowest BCUT2D eigenvalue weighted by molar-refractivity contribution is 0.232. The Morgan fingerprint density at radius 2 is 2.13 bits per heavy atom. The summed E-state index contributed by atoms with van der Waals surface area (Å²) in [6.45, 7) is 9.74. The average Bonchev–Trinajstić information content (AvgIpc) is 2.58. The molecule has 1 atom stereocenters. The predicted molar refractivity (Wildman–Crippen MR) is 61.8 cm³/mol. The molecule has 0 bridgehead atoms. The van der Waals surface area contributed by atoms with Gasteiger partial charge in [0.15, 0.2) is 0 Å². The first-order valence-electron chi connectivity index (χ1n) is 5.61. The number of allylic oxidation sites excluding steroid dienone is 1. The van der Waals surface area contributed by atoms with E-state index in [1.165, 1.54) is 11.3 Å². The first-order valence-corrected chi connectivity index (χ1v) is 5.61. The summed E-state index contributed by atoms with van der Waals surface area (Å²) in [5, 5.41) is 9.23. The molecule has 2 aliphatic rings. The molecule has 0 saturated carbocycles. The second-order valence-electron chi connectivity index (χ2n) is 5.15. The molecule has 1 fully saturated rings. The van der Waals surface area contributed by atoms with Gasteiger partial charge in [0.25, 0.3) is 0 Å². The fraction of sp³-hybridized carbons (Fsp3) is 0.750. The van der Waals surface area contributed by atoms with Crippen LogP contribution in [0.5, 0.6) is 0 Å². The van der Waals surface area contributed by atoms with Gasteiger partial charge in [0.2, 0.25) is 0 Å². The van der Waals surface area contributed by atoms with Crippen molar-refractivity contribution in [2.45, 2.75) is 39.7 Å². The highest BCUT2D eigenvalue weighted by molar-refractivity contribution is 5.84. The summed E-state index contributed by atoms with van der Waals surface area (Å²) in [6.07, 6.45) is 0.999. The van der Waals surface area contributed by atoms with Crippen LogP contribution in [0.4, 0.5) is 0 Å². The number of amidine groups is 1. The van der Waals surface area contributed by atoms with E-state index in [0.29, 0.717) is 5.92 Å². The van der Waals surface area contributed by atoms with Crippen LogP contribution >= 0.6 is 0 Å². The maximum absolute atomic E-state index is 9.23. The summed E-state index contributed by atoms with van der Waals surface area (Å²) < 4.78 is 0. The molecule has 3 heteroatoms. The Labute approximate surface area is 91.5 Å². The van der Waals surface area contributed by atoms with Gasteiger partial charge in [0.05, 0.1) is 5.54 Å². The minimum Gasteiger partial charge on any atom is -0.396 e. The maximum Gasteiger partial charge on any atom is 0.101 e. The minimum atomic E-state index is -0.0692. The van der Waals surface area contributed by atoms with Crippen LogP contribution in [-0.4, -0.2) is 34.5 Å². The Bertz CT molecular complexity index is 342. The molecule has 1 unspecified atom stereocenters. The van der Waals surface area contributed by atoms with Crippen LogP contribution < -0.4 is 0 Å². The van der Waals surface area contributed by atoms with E-state index in [9.17, 15) is 5.11 Å². The van der Waals surface area contributed by atoms with E-state index in [2.05, 4.69) is 32.6 Å². The molecule has 1 N–H and O–H groups in total. The average molecular weight is 208 g/mol. The summed E-state index contributed by atoms with van der Waals surface area (Å²) in [5.41, 5.74) is 2.66. The molecule has 0 aromatic rings. The number of aliphatic hydroxyl groups is 1. The summed E-state index contributed by atoms with van der Waals surface area (Å²) >= 11 is 0. The molecule has 3 nitrogen and oxygen atoms in total. The van der Waals surface area contributed by atoms with Crippen LogP contribution in [0.25, 0.3) is 0 Å². The molecule has 0 amide bonds. The number of hydrogen-bond donors (Lipinski definition) is 1. The van der Waals surface area contributed by atoms with Crippen LogP contribution in [0, 0.1) is 5.92 Å². The summed E-state index contributed by atoms with van der Waals surface area (Å²) in [7, 11) is 0. The normalized spacial score (nSPS) is 29.3. The van der Waals surface area contributed by atoms with Crippen molar-refractivity contribution in [3.8, 4) is 0 Å². The van der Waals surface area contributed by atoms with Crippen molar-refractivity contribution in [1.29, 1.82) is 0 Å². The summed E-state index contributed by atoms with van der Waals surface area (Å²) in [5.74, 6) is 1.48. The molecule has 0 radical (unpaired) electrons. The highest BCUT2D eigenvalue weighted by atomic mass is 16.3. The molecule has 0 aliphatic carbocycles. The highest BCUT2D eigenvalue weighted by Gasteiger charge is 2.36. The number of nitrogens with zero attached hydrogens (tertiary/aromatic N) is 2. The second-order valence-corrected chi connectivity index (χ2v) is 5.15. The number of aliphatic imine (C=N–C) groups is 1. The minimum absolute atomic E-state index is 0.0692. The van der Waals surface area contributed by atoms with Crippen molar-refractivity contribution in [2.24, 2.45) is 10.9 Å². The third kappa shape index (κ3) is 1.59. The molecule has 0 aromatic carbocycles. The zero-order chi connectivity index (χ0) is 11.2. The Kier molecular flexibility index (Phi) is 2.38. The lowest BCUT2D eigenvalue weighted by atomic mass is 9.91. The van der Waals surface area contributed by atoms with Gasteiger partial charge in [0, 0.05) is 24.8 Å². The maximum atomic E-state index is 9.23. The second kappa shape index (κ2) is 3.34. The van der Waals surface area contributed by atoms with Crippen LogP contribution in [0.3, 0.4) is 0 Å². The molecule has 0 spiro atoms. The third-order valence-corrected chi connectivity index (χ3v) is 3.69. The van der Waals surface area contributed by atoms with Gasteiger partial charge in [-0.2, -0.15) is 0 Å². The Morgan fingerprint density at radius 1 is 1.47 bits per heavy atom. The number of hydrogen-bond acceptors (Lipinski definition) is 3. The first kappa shape index (κ1) is 10.7. The van der Waals surface area contributed by atoms with Gasteiger partial charge in [-0.1, -0.05) is 0 Å². The van der Waals surface area contributed by atoms with Gasteiger partial charge in [-0.25, -0.2) is 0 Å². The molecule has 0 aromatic heterocycles. The topological polar surface area (TPSA) is 35.8 Å².